The molecule has 8 heteroatoms. The van der Waals surface area contributed by atoms with Crippen LogP contribution in [0.15, 0.2) is 28.9 Å². The van der Waals surface area contributed by atoms with Crippen LogP contribution in [0.3, 0.4) is 0 Å². The van der Waals surface area contributed by atoms with Gasteiger partial charge in [0.15, 0.2) is 11.5 Å². The Morgan fingerprint density at radius 2 is 2.08 bits per heavy atom. The molecule has 0 radical (unpaired) electrons. The van der Waals surface area contributed by atoms with E-state index in [1.165, 1.54) is 6.26 Å². The van der Waals surface area contributed by atoms with Crippen LogP contribution < -0.4 is 19.5 Å². The van der Waals surface area contributed by atoms with Crippen molar-refractivity contribution in [3.8, 4) is 17.2 Å². The minimum Gasteiger partial charge on any atom is -0.492 e. The number of benzene rings is 1. The summed E-state index contributed by atoms with van der Waals surface area (Å²) in [7, 11) is 0. The van der Waals surface area contributed by atoms with E-state index in [2.05, 4.69) is 5.32 Å². The molecule has 1 aromatic carbocycles. The van der Waals surface area contributed by atoms with Gasteiger partial charge in [-0.1, -0.05) is 0 Å². The molecule has 0 fully saturated rings. The van der Waals surface area contributed by atoms with E-state index in [1.54, 1.807) is 25.1 Å². The summed E-state index contributed by atoms with van der Waals surface area (Å²) in [6, 6.07) is 5.22. The number of fused-ring (bicyclic) bond motifs is 1. The van der Waals surface area contributed by atoms with Crippen molar-refractivity contribution in [2.45, 2.75) is 13.3 Å². The molecule has 1 amide bonds. The molecule has 1 aromatic heterocycles. The Kier molecular flexibility index (Phi) is 4.78. The van der Waals surface area contributed by atoms with Crippen LogP contribution in [-0.4, -0.2) is 36.9 Å². The number of hydrogen-bond donors (Lipinski definition) is 2. The first-order valence-corrected chi connectivity index (χ1v) is 7.64. The van der Waals surface area contributed by atoms with E-state index in [-0.39, 0.29) is 37.7 Å². The molecule has 0 spiro atoms. The molecule has 0 atom stereocenters. The van der Waals surface area contributed by atoms with Gasteiger partial charge in [-0.2, -0.15) is 0 Å². The number of carbonyl (C=O) groups excluding carboxylic acids is 1. The normalized spacial score (nSPS) is 12.0. The van der Waals surface area contributed by atoms with Crippen LogP contribution in [0, 0.1) is 6.92 Å². The molecule has 132 valence electrons. The van der Waals surface area contributed by atoms with Gasteiger partial charge < -0.3 is 29.1 Å². The van der Waals surface area contributed by atoms with Crippen LogP contribution in [0.2, 0.25) is 0 Å². The third-order valence-electron chi connectivity index (χ3n) is 3.59. The average molecular weight is 347 g/mol. The molecular formula is C17H17NO7. The lowest BCUT2D eigenvalue weighted by atomic mass is 10.1. The number of nitrogens with one attached hydrogen (secondary N) is 1. The molecule has 2 heterocycles. The molecule has 0 saturated carbocycles. The average Bonchev–Trinajstić information content (AvgIpc) is 3.17. The number of ether oxygens (including phenoxy) is 3. The smallest absolute Gasteiger partial charge is 0.311 e. The van der Waals surface area contributed by atoms with Gasteiger partial charge in [-0.05, 0) is 19.1 Å². The fourth-order valence-electron chi connectivity index (χ4n) is 2.46. The van der Waals surface area contributed by atoms with E-state index in [1.807, 2.05) is 0 Å². The van der Waals surface area contributed by atoms with Crippen LogP contribution in [0.5, 0.6) is 17.2 Å². The fourth-order valence-corrected chi connectivity index (χ4v) is 2.46. The van der Waals surface area contributed by atoms with Gasteiger partial charge in [0.05, 0.1) is 18.4 Å². The predicted octanol–water partition coefficient (Wildman–Crippen LogP) is 1.75. The molecule has 1 aliphatic heterocycles. The van der Waals surface area contributed by atoms with E-state index in [0.717, 1.165) is 0 Å². The molecule has 0 unspecified atom stereocenters. The topological polar surface area (TPSA) is 107 Å². The molecule has 2 aromatic rings. The fraction of sp³-hybridized carbons (Fsp3) is 0.294. The predicted molar refractivity (Wildman–Crippen MR) is 85.2 cm³/mol. The van der Waals surface area contributed by atoms with Gasteiger partial charge in [-0.25, -0.2) is 0 Å². The van der Waals surface area contributed by atoms with Crippen molar-refractivity contribution in [2.75, 3.05) is 19.9 Å². The SMILES string of the molecule is Cc1coc(CC(=O)O)c1C(=O)NCCOc1ccc2c(c1)OCO2. The maximum Gasteiger partial charge on any atom is 0.311 e. The summed E-state index contributed by atoms with van der Waals surface area (Å²) < 4.78 is 21.2. The van der Waals surface area contributed by atoms with Gasteiger partial charge >= 0.3 is 5.97 Å². The largest absolute Gasteiger partial charge is 0.492 e. The molecule has 8 nitrogen and oxygen atoms in total. The number of hydrogen-bond acceptors (Lipinski definition) is 6. The number of furan rings is 1. The molecule has 2 N–H and O–H groups in total. The van der Waals surface area contributed by atoms with Crippen LogP contribution in [0.1, 0.15) is 21.7 Å². The maximum atomic E-state index is 12.2. The van der Waals surface area contributed by atoms with Crippen LogP contribution in [0.25, 0.3) is 0 Å². The summed E-state index contributed by atoms with van der Waals surface area (Å²) in [5.74, 6) is 0.575. The lowest BCUT2D eigenvalue weighted by molar-refractivity contribution is -0.136. The van der Waals surface area contributed by atoms with Crippen molar-refractivity contribution in [3.05, 3.63) is 41.3 Å². The monoisotopic (exact) mass is 347 g/mol. The Bertz CT molecular complexity index is 796. The van der Waals surface area contributed by atoms with Crippen LogP contribution >= 0.6 is 0 Å². The first kappa shape index (κ1) is 16.7. The zero-order valence-electron chi connectivity index (χ0n) is 13.5. The minimum absolute atomic E-state index is 0.138. The van der Waals surface area contributed by atoms with E-state index < -0.39 is 11.9 Å². The lowest BCUT2D eigenvalue weighted by Gasteiger charge is -2.09. The molecule has 0 aliphatic carbocycles. The lowest BCUT2D eigenvalue weighted by Crippen LogP contribution is -2.29. The van der Waals surface area contributed by atoms with Crippen molar-refractivity contribution in [1.29, 1.82) is 0 Å². The van der Waals surface area contributed by atoms with E-state index in [4.69, 9.17) is 23.7 Å². The standard InChI is InChI=1S/C17H17NO7/c1-10-8-23-14(7-15(19)20)16(10)17(21)18-4-5-22-11-2-3-12-13(6-11)25-9-24-12/h2-3,6,8H,4-5,7,9H2,1H3,(H,18,21)(H,19,20). The van der Waals surface area contributed by atoms with Crippen LogP contribution in [0.4, 0.5) is 0 Å². The van der Waals surface area contributed by atoms with Crippen molar-refractivity contribution in [3.63, 3.8) is 0 Å². The van der Waals surface area contributed by atoms with Crippen molar-refractivity contribution < 1.29 is 33.3 Å². The highest BCUT2D eigenvalue weighted by Gasteiger charge is 2.20. The summed E-state index contributed by atoms with van der Waals surface area (Å²) in [6.07, 6.45) is 1.03. The number of carboxylic acids is 1. The van der Waals surface area contributed by atoms with Gasteiger partial charge in [-0.3, -0.25) is 9.59 Å². The van der Waals surface area contributed by atoms with Gasteiger partial charge in [0.2, 0.25) is 6.79 Å². The second-order valence-corrected chi connectivity index (χ2v) is 5.41. The van der Waals surface area contributed by atoms with Gasteiger partial charge in [0, 0.05) is 11.6 Å². The first-order valence-electron chi connectivity index (χ1n) is 7.64. The molecule has 0 bridgehead atoms. The maximum absolute atomic E-state index is 12.2. The quantitative estimate of drug-likeness (QED) is 0.735. The Balaban J connectivity index is 1.51. The third-order valence-corrected chi connectivity index (χ3v) is 3.59. The zero-order chi connectivity index (χ0) is 17.8. The second-order valence-electron chi connectivity index (χ2n) is 5.41. The highest BCUT2D eigenvalue weighted by molar-refractivity contribution is 5.97. The summed E-state index contributed by atoms with van der Waals surface area (Å²) in [4.78, 5) is 23.1. The first-order chi connectivity index (χ1) is 12.0. The van der Waals surface area contributed by atoms with Gasteiger partial charge in [0.25, 0.3) is 5.91 Å². The number of carbonyl (C=O) groups is 2. The van der Waals surface area contributed by atoms with Gasteiger partial charge in [-0.15, -0.1) is 0 Å². The van der Waals surface area contributed by atoms with Crippen molar-refractivity contribution in [2.24, 2.45) is 0 Å². The molecular weight excluding hydrogens is 330 g/mol. The van der Waals surface area contributed by atoms with Crippen molar-refractivity contribution in [1.82, 2.24) is 5.32 Å². The van der Waals surface area contributed by atoms with E-state index in [0.29, 0.717) is 22.8 Å². The molecule has 0 saturated heterocycles. The Morgan fingerprint density at radius 3 is 2.88 bits per heavy atom. The number of aryl methyl sites for hydroxylation is 1. The third kappa shape index (κ3) is 3.85. The van der Waals surface area contributed by atoms with E-state index in [9.17, 15) is 9.59 Å². The van der Waals surface area contributed by atoms with Gasteiger partial charge in [0.1, 0.15) is 24.5 Å². The minimum atomic E-state index is -1.06. The molecule has 25 heavy (non-hydrogen) atoms. The summed E-state index contributed by atoms with van der Waals surface area (Å²) in [5.41, 5.74) is 0.843. The van der Waals surface area contributed by atoms with E-state index >= 15 is 0 Å². The Morgan fingerprint density at radius 1 is 1.28 bits per heavy atom. The number of aliphatic carboxylic acids is 1. The highest BCUT2D eigenvalue weighted by atomic mass is 16.7. The Hall–Kier alpha value is -3.16. The molecule has 3 rings (SSSR count). The second kappa shape index (κ2) is 7.16. The number of amides is 1. The summed E-state index contributed by atoms with van der Waals surface area (Å²) >= 11 is 0. The number of rotatable bonds is 7. The highest BCUT2D eigenvalue weighted by Crippen LogP contribution is 2.34. The summed E-state index contributed by atoms with van der Waals surface area (Å²) in [6.45, 7) is 2.38. The molecule has 1 aliphatic rings. The Labute approximate surface area is 143 Å². The van der Waals surface area contributed by atoms with Crippen LogP contribution in [-0.2, 0) is 11.2 Å². The number of carboxylic acid groups (broad SMARTS) is 1. The summed E-state index contributed by atoms with van der Waals surface area (Å²) in [5, 5.41) is 11.5. The zero-order valence-corrected chi connectivity index (χ0v) is 13.5. The van der Waals surface area contributed by atoms with Crippen molar-refractivity contribution >= 4 is 11.9 Å².